The van der Waals surface area contributed by atoms with E-state index in [1.807, 2.05) is 0 Å². The number of hydrogen-bond donors (Lipinski definition) is 0. The standard InChI is InChI=1S/C54H44F3N3/c1-51(2)38-13-5-9-17-46(38)58(47-18-10-6-14-39(47)51)34-21-23-44-36(29-34)37-30-35(59-48-19-11-7-15-40(48)52(3,4)41-16-8-12-20-49(41)59)22-24-45(37)60(44)54-26-25-53(31-54,32-54)33-27-42(55)50(57)43(56)28-33/h5-24,27-30H,25-26,31-32H2,1-4H3. The number of aromatic nitrogens is 1. The van der Waals surface area contributed by atoms with Crippen molar-refractivity contribution in [2.45, 2.75) is 75.2 Å². The molecule has 0 spiro atoms. The summed E-state index contributed by atoms with van der Waals surface area (Å²) >= 11 is 0. The van der Waals surface area contributed by atoms with E-state index in [0.29, 0.717) is 5.56 Å². The van der Waals surface area contributed by atoms with Crippen LogP contribution in [-0.4, -0.2) is 4.57 Å². The Kier molecular flexibility index (Phi) is 7.09. The lowest BCUT2D eigenvalue weighted by Crippen LogP contribution is -2.47. The van der Waals surface area contributed by atoms with Gasteiger partial charge in [-0.2, -0.15) is 0 Å². The van der Waals surface area contributed by atoms with Gasteiger partial charge in [-0.15, -0.1) is 0 Å². The number of rotatable bonds is 4. The number of anilines is 6. The van der Waals surface area contributed by atoms with Gasteiger partial charge >= 0.3 is 0 Å². The molecule has 6 heteroatoms. The highest BCUT2D eigenvalue weighted by Crippen LogP contribution is 2.67. The molecule has 3 saturated carbocycles. The van der Waals surface area contributed by atoms with Crippen molar-refractivity contribution in [2.24, 2.45) is 0 Å². The maximum absolute atomic E-state index is 14.7. The minimum atomic E-state index is -1.40. The van der Waals surface area contributed by atoms with Crippen molar-refractivity contribution in [3.05, 3.63) is 191 Å². The average Bonchev–Trinajstić information content (AvgIpc) is 3.92. The molecular formula is C54H44F3N3. The summed E-state index contributed by atoms with van der Waals surface area (Å²) in [4.78, 5) is 4.84. The van der Waals surface area contributed by atoms with E-state index in [0.717, 1.165) is 58.9 Å². The zero-order chi connectivity index (χ0) is 40.9. The Morgan fingerprint density at radius 2 is 0.833 bits per heavy atom. The van der Waals surface area contributed by atoms with Crippen LogP contribution in [0.15, 0.2) is 146 Å². The van der Waals surface area contributed by atoms with Gasteiger partial charge in [-0.05, 0) is 126 Å². The molecular weight excluding hydrogens is 748 g/mol. The van der Waals surface area contributed by atoms with E-state index in [1.54, 1.807) is 0 Å². The van der Waals surface area contributed by atoms with Crippen LogP contribution in [0.25, 0.3) is 21.8 Å². The highest BCUT2D eigenvalue weighted by molar-refractivity contribution is 6.11. The molecule has 0 saturated heterocycles. The van der Waals surface area contributed by atoms with Crippen molar-refractivity contribution in [2.75, 3.05) is 9.80 Å². The molecule has 2 bridgehead atoms. The van der Waals surface area contributed by atoms with Crippen LogP contribution >= 0.6 is 0 Å². The highest BCUT2D eigenvalue weighted by Gasteiger charge is 2.63. The van der Waals surface area contributed by atoms with Crippen LogP contribution in [-0.2, 0) is 21.8 Å². The predicted molar refractivity (Wildman–Crippen MR) is 238 cm³/mol. The Morgan fingerprint density at radius 1 is 0.450 bits per heavy atom. The second kappa shape index (κ2) is 11.9. The van der Waals surface area contributed by atoms with E-state index >= 15 is 0 Å². The van der Waals surface area contributed by atoms with Gasteiger partial charge in [0.2, 0.25) is 0 Å². The van der Waals surface area contributed by atoms with E-state index in [4.69, 9.17) is 0 Å². The molecule has 1 aromatic heterocycles. The third kappa shape index (κ3) is 4.57. The Bertz CT molecular complexity index is 2840. The Balaban J connectivity index is 1.08. The minimum absolute atomic E-state index is 0.178. The van der Waals surface area contributed by atoms with Crippen LogP contribution in [0.1, 0.15) is 81.2 Å². The summed E-state index contributed by atoms with van der Waals surface area (Å²) in [6, 6.07) is 51.3. The Morgan fingerprint density at radius 3 is 1.23 bits per heavy atom. The summed E-state index contributed by atoms with van der Waals surface area (Å²) in [5, 5.41) is 2.31. The van der Waals surface area contributed by atoms with Crippen LogP contribution in [0.3, 0.4) is 0 Å². The molecule has 0 atom stereocenters. The van der Waals surface area contributed by atoms with Crippen molar-refractivity contribution < 1.29 is 13.2 Å². The van der Waals surface area contributed by atoms with Gasteiger partial charge in [0.25, 0.3) is 0 Å². The van der Waals surface area contributed by atoms with Gasteiger partial charge in [-0.25, -0.2) is 13.2 Å². The molecule has 13 rings (SSSR count). The molecule has 8 aromatic rings. The normalized spacial score (nSPS) is 21.6. The molecule has 0 amide bonds. The van der Waals surface area contributed by atoms with E-state index in [1.165, 1.54) is 57.1 Å². The first-order valence-corrected chi connectivity index (χ1v) is 21.1. The molecule has 3 fully saturated rings. The summed E-state index contributed by atoms with van der Waals surface area (Å²) in [5.74, 6) is -3.64. The zero-order valence-corrected chi connectivity index (χ0v) is 34.2. The molecule has 7 aromatic carbocycles. The van der Waals surface area contributed by atoms with Crippen molar-refractivity contribution >= 4 is 55.9 Å². The van der Waals surface area contributed by atoms with E-state index < -0.39 is 22.9 Å². The predicted octanol–water partition coefficient (Wildman–Crippen LogP) is 14.7. The first kappa shape index (κ1) is 35.7. The number of benzene rings is 7. The van der Waals surface area contributed by atoms with Crippen molar-refractivity contribution in [3.8, 4) is 0 Å². The number of para-hydroxylation sites is 4. The average molecular weight is 792 g/mol. The Hall–Kier alpha value is -6.27. The van der Waals surface area contributed by atoms with Gasteiger partial charge in [0, 0.05) is 55.0 Å². The lowest BCUT2D eigenvalue weighted by molar-refractivity contribution is 0.127. The molecule has 3 nitrogen and oxygen atoms in total. The SMILES string of the molecule is CC1(C)c2ccccc2N(c2ccc3c(c2)c2cc(N4c5ccccc5C(C)(C)c5ccccc54)ccc2n3C23CCC(c4cc(F)c(F)c(F)c4)(C2)C3)c2ccccc21. The molecule has 296 valence electrons. The second-order valence-corrected chi connectivity index (χ2v) is 18.8. The molecule has 5 aliphatic rings. The first-order chi connectivity index (χ1) is 28.9. The van der Waals surface area contributed by atoms with Crippen LogP contribution in [0.4, 0.5) is 47.3 Å². The van der Waals surface area contributed by atoms with Crippen molar-refractivity contribution in [1.29, 1.82) is 0 Å². The topological polar surface area (TPSA) is 11.4 Å². The van der Waals surface area contributed by atoms with Gasteiger partial charge in [0.1, 0.15) is 0 Å². The highest BCUT2D eigenvalue weighted by atomic mass is 19.2. The van der Waals surface area contributed by atoms with Gasteiger partial charge in [0.15, 0.2) is 17.5 Å². The first-order valence-electron chi connectivity index (χ1n) is 21.1. The Labute approximate surface area is 348 Å². The molecule has 2 aliphatic heterocycles. The van der Waals surface area contributed by atoms with Crippen LogP contribution < -0.4 is 9.80 Å². The fourth-order valence-corrected chi connectivity index (χ4v) is 12.2. The summed E-state index contributed by atoms with van der Waals surface area (Å²) in [6.45, 7) is 9.25. The van der Waals surface area contributed by atoms with Crippen LogP contribution in [0.2, 0.25) is 0 Å². The smallest absolute Gasteiger partial charge is 0.194 e. The van der Waals surface area contributed by atoms with Crippen LogP contribution in [0, 0.1) is 17.5 Å². The van der Waals surface area contributed by atoms with E-state index in [9.17, 15) is 13.2 Å². The largest absolute Gasteiger partial charge is 0.334 e. The summed E-state index contributed by atoms with van der Waals surface area (Å²) in [5.41, 5.74) is 13.8. The zero-order valence-electron chi connectivity index (χ0n) is 34.2. The van der Waals surface area contributed by atoms with Gasteiger partial charge < -0.3 is 14.4 Å². The fourth-order valence-electron chi connectivity index (χ4n) is 12.2. The summed E-state index contributed by atoms with van der Waals surface area (Å²) in [6.07, 6.45) is 3.11. The lowest BCUT2D eigenvalue weighted by atomic mass is 9.61. The van der Waals surface area contributed by atoms with E-state index in [-0.39, 0.29) is 16.4 Å². The van der Waals surface area contributed by atoms with Crippen molar-refractivity contribution in [3.63, 3.8) is 0 Å². The van der Waals surface area contributed by atoms with Gasteiger partial charge in [-0.3, -0.25) is 0 Å². The quantitative estimate of drug-likeness (QED) is 0.165. The lowest BCUT2D eigenvalue weighted by Gasteiger charge is -2.49. The van der Waals surface area contributed by atoms with Gasteiger partial charge in [-0.1, -0.05) is 100 Å². The third-order valence-electron chi connectivity index (χ3n) is 15.0. The minimum Gasteiger partial charge on any atom is -0.334 e. The summed E-state index contributed by atoms with van der Waals surface area (Å²) < 4.78 is 46.0. The van der Waals surface area contributed by atoms with Gasteiger partial charge in [0.05, 0.1) is 22.7 Å². The number of nitrogens with zero attached hydrogens (tertiary/aromatic N) is 3. The molecule has 0 N–H and O–H groups in total. The molecule has 0 radical (unpaired) electrons. The fraction of sp³-hybridized carbons (Fsp3) is 0.222. The monoisotopic (exact) mass is 791 g/mol. The second-order valence-electron chi connectivity index (χ2n) is 18.8. The van der Waals surface area contributed by atoms with Crippen molar-refractivity contribution in [1.82, 2.24) is 4.57 Å². The molecule has 3 heterocycles. The number of hydrogen-bond acceptors (Lipinski definition) is 2. The maximum Gasteiger partial charge on any atom is 0.194 e. The molecule has 3 aliphatic carbocycles. The van der Waals surface area contributed by atoms with Crippen LogP contribution in [0.5, 0.6) is 0 Å². The molecule has 0 unspecified atom stereocenters. The third-order valence-corrected chi connectivity index (χ3v) is 15.0. The van der Waals surface area contributed by atoms with E-state index in [2.05, 4.69) is 176 Å². The maximum atomic E-state index is 14.7. The number of fused-ring (bicyclic) bond motifs is 8. The number of halogens is 3. The molecule has 60 heavy (non-hydrogen) atoms. The summed E-state index contributed by atoms with van der Waals surface area (Å²) in [7, 11) is 0.